The summed E-state index contributed by atoms with van der Waals surface area (Å²) in [6, 6.07) is 0. The Morgan fingerprint density at radius 2 is 0.952 bits per heavy atom. The van der Waals surface area contributed by atoms with Gasteiger partial charge in [-0.2, -0.15) is 0 Å². The lowest BCUT2D eigenvalue weighted by atomic mass is 10.4. The smallest absolute Gasteiger partial charge is 0.0910 e. The van der Waals surface area contributed by atoms with Crippen LogP contribution in [0.4, 0.5) is 0 Å². The molecule has 0 unspecified atom stereocenters. The summed E-state index contributed by atoms with van der Waals surface area (Å²) in [7, 11) is 1.69. The minimum absolute atomic E-state index is 0.993. The van der Waals surface area contributed by atoms with E-state index in [2.05, 4.69) is 20.1 Å². The molecular formula is C20H48O. The van der Waals surface area contributed by atoms with Crippen LogP contribution in [0.1, 0.15) is 89.5 Å². The van der Waals surface area contributed by atoms with Crippen LogP contribution in [0.3, 0.4) is 0 Å². The first-order valence-electron chi connectivity index (χ1n) is 8.51. The van der Waals surface area contributed by atoms with Crippen LogP contribution in [0.5, 0.6) is 0 Å². The monoisotopic (exact) mass is 304 g/mol. The normalized spacial score (nSPS) is 6.24. The molecule has 0 N–H and O–H groups in total. The van der Waals surface area contributed by atoms with Crippen molar-refractivity contribution in [1.82, 2.24) is 0 Å². The molecule has 134 valence electrons. The van der Waals surface area contributed by atoms with Gasteiger partial charge in [0.1, 0.15) is 0 Å². The Kier molecular flexibility index (Phi) is 255. The second kappa shape index (κ2) is 125. The van der Waals surface area contributed by atoms with Crippen molar-refractivity contribution in [3.8, 4) is 0 Å². The van der Waals surface area contributed by atoms with Gasteiger partial charge in [-0.05, 0) is 26.8 Å². The number of rotatable bonds is 2. The van der Waals surface area contributed by atoms with Gasteiger partial charge in [-0.25, -0.2) is 0 Å². The van der Waals surface area contributed by atoms with Crippen molar-refractivity contribution in [2.45, 2.75) is 89.5 Å². The highest BCUT2D eigenvalue weighted by atomic mass is 16.5. The Labute approximate surface area is 139 Å². The molecule has 0 saturated carbocycles. The lowest BCUT2D eigenvalue weighted by Crippen LogP contribution is -1.80. The molecule has 0 heterocycles. The van der Waals surface area contributed by atoms with Crippen LogP contribution in [0.25, 0.3) is 0 Å². The summed E-state index contributed by atoms with van der Waals surface area (Å²) < 4.78 is 4.91. The molecule has 0 aliphatic carbocycles. The number of hydrogen-bond acceptors (Lipinski definition) is 1. The van der Waals surface area contributed by atoms with Gasteiger partial charge < -0.3 is 4.74 Å². The molecule has 0 saturated heterocycles. The van der Waals surface area contributed by atoms with Crippen LogP contribution in [-0.4, -0.2) is 7.11 Å². The third kappa shape index (κ3) is 219. The topological polar surface area (TPSA) is 9.23 Å². The van der Waals surface area contributed by atoms with Gasteiger partial charge in [-0.1, -0.05) is 74.5 Å². The predicted molar refractivity (Wildman–Crippen MR) is 108 cm³/mol. The molecule has 21 heavy (non-hydrogen) atoms. The van der Waals surface area contributed by atoms with Gasteiger partial charge >= 0.3 is 0 Å². The van der Waals surface area contributed by atoms with Crippen LogP contribution < -0.4 is 0 Å². The third-order valence-corrected chi connectivity index (χ3v) is 0.933. The van der Waals surface area contributed by atoms with Gasteiger partial charge in [0.25, 0.3) is 0 Å². The summed E-state index contributed by atoms with van der Waals surface area (Å²) >= 11 is 0. The van der Waals surface area contributed by atoms with Crippen molar-refractivity contribution in [1.29, 1.82) is 0 Å². The minimum Gasteiger partial charge on any atom is -0.501 e. The quantitative estimate of drug-likeness (QED) is 0.367. The highest BCUT2D eigenvalue weighted by molar-refractivity contribution is 4.87. The van der Waals surface area contributed by atoms with Crippen LogP contribution in [0.2, 0.25) is 0 Å². The zero-order chi connectivity index (χ0) is 19.1. The Balaban J connectivity index is -0.0000000241. The van der Waals surface area contributed by atoms with Gasteiger partial charge in [0.05, 0.1) is 12.9 Å². The fourth-order valence-electron chi connectivity index (χ4n) is 0.466. The van der Waals surface area contributed by atoms with E-state index in [4.69, 9.17) is 4.74 Å². The summed E-state index contributed by atoms with van der Waals surface area (Å²) in [4.78, 5) is 0. The summed E-state index contributed by atoms with van der Waals surface area (Å²) in [6.07, 6.45) is 6.47. The van der Waals surface area contributed by atoms with Gasteiger partial charge in [-0.15, -0.1) is 13.2 Å². The van der Waals surface area contributed by atoms with E-state index in [1.54, 1.807) is 19.3 Å². The summed E-state index contributed by atoms with van der Waals surface area (Å²) in [6.45, 7) is 30.5. The molecule has 0 aromatic carbocycles. The molecule has 0 spiro atoms. The van der Waals surface area contributed by atoms with Crippen molar-refractivity contribution in [2.24, 2.45) is 0 Å². The van der Waals surface area contributed by atoms with E-state index in [1.165, 1.54) is 0 Å². The van der Waals surface area contributed by atoms with Crippen molar-refractivity contribution in [3.63, 3.8) is 0 Å². The van der Waals surface area contributed by atoms with E-state index in [0.717, 1.165) is 12.2 Å². The number of ether oxygens (including phenoxy) is 1. The molecule has 0 aromatic heterocycles. The summed E-state index contributed by atoms with van der Waals surface area (Å²) in [5.41, 5.74) is 0. The van der Waals surface area contributed by atoms with E-state index < -0.39 is 0 Å². The van der Waals surface area contributed by atoms with Gasteiger partial charge in [0, 0.05) is 6.42 Å². The molecule has 1 nitrogen and oxygen atoms in total. The van der Waals surface area contributed by atoms with E-state index in [1.807, 2.05) is 82.2 Å². The second-order valence-corrected chi connectivity index (χ2v) is 2.13. The van der Waals surface area contributed by atoms with E-state index in [0.29, 0.717) is 0 Å². The average molecular weight is 305 g/mol. The lowest BCUT2D eigenvalue weighted by Gasteiger charge is -1.97. The molecule has 0 bridgehead atoms. The zero-order valence-electron chi connectivity index (χ0n) is 17.8. The largest absolute Gasteiger partial charge is 0.501 e. The maximum Gasteiger partial charge on any atom is 0.0910 e. The number of allylic oxidation sites excluding steroid dienone is 4. The average Bonchev–Trinajstić information content (AvgIpc) is 2.58. The number of hydrogen-bond donors (Lipinski definition) is 0. The van der Waals surface area contributed by atoms with E-state index >= 15 is 0 Å². The third-order valence-electron chi connectivity index (χ3n) is 0.933. The fraction of sp³-hybridized carbons (Fsp3) is 0.700. The molecule has 0 rings (SSSR count). The van der Waals surface area contributed by atoms with E-state index in [-0.39, 0.29) is 0 Å². The zero-order valence-corrected chi connectivity index (χ0v) is 17.8. The Bertz CT molecular complexity index is 112. The first-order chi connectivity index (χ1) is 10.2. The SMILES string of the molecule is C/C=C(\CC)OC.C=CC.C=CC.CC.CC.CC.CC. The second-order valence-electron chi connectivity index (χ2n) is 2.13. The van der Waals surface area contributed by atoms with E-state index in [9.17, 15) is 0 Å². The highest BCUT2D eigenvalue weighted by Crippen LogP contribution is 1.97. The summed E-state index contributed by atoms with van der Waals surface area (Å²) in [5, 5.41) is 0. The molecule has 0 amide bonds. The van der Waals surface area contributed by atoms with Crippen LogP contribution in [0.15, 0.2) is 37.1 Å². The number of methoxy groups -OCH3 is 1. The summed E-state index contributed by atoms with van der Waals surface area (Å²) in [5.74, 6) is 1.06. The molecule has 0 atom stereocenters. The minimum atomic E-state index is 0.993. The van der Waals surface area contributed by atoms with Crippen LogP contribution in [-0.2, 0) is 4.74 Å². The van der Waals surface area contributed by atoms with Crippen molar-refractivity contribution >= 4 is 0 Å². The van der Waals surface area contributed by atoms with Crippen molar-refractivity contribution < 1.29 is 4.74 Å². The molecule has 0 aliphatic heterocycles. The van der Waals surface area contributed by atoms with Gasteiger partial charge in [-0.3, -0.25) is 0 Å². The molecule has 0 radical (unpaired) electrons. The van der Waals surface area contributed by atoms with Gasteiger partial charge in [0.2, 0.25) is 0 Å². The predicted octanol–water partition coefficient (Wildman–Crippen LogP) is 8.44. The standard InChI is InChI=1S/C6H12O.2C3H6.4C2H6/c1-4-6(5-2)7-3;2*1-3-2;4*1-2/h4H,5H2,1-3H3;2*3H,1H2,2H3;4*1-2H3/b6-4+;;;;;;. The lowest BCUT2D eigenvalue weighted by molar-refractivity contribution is 0.280. The Morgan fingerprint density at radius 3 is 0.952 bits per heavy atom. The van der Waals surface area contributed by atoms with Crippen LogP contribution >= 0.6 is 0 Å². The molecule has 0 aliphatic rings. The first-order valence-corrected chi connectivity index (χ1v) is 8.51. The van der Waals surface area contributed by atoms with Crippen LogP contribution in [0, 0.1) is 0 Å². The van der Waals surface area contributed by atoms with Gasteiger partial charge in [0.15, 0.2) is 0 Å². The maximum absolute atomic E-state index is 4.91. The molecule has 0 fully saturated rings. The maximum atomic E-state index is 4.91. The molecule has 0 aromatic rings. The van der Waals surface area contributed by atoms with Crippen molar-refractivity contribution in [3.05, 3.63) is 37.1 Å². The fourth-order valence-corrected chi connectivity index (χ4v) is 0.466. The first kappa shape index (κ1) is 42.7. The Morgan fingerprint density at radius 1 is 0.762 bits per heavy atom. The molecular weight excluding hydrogens is 256 g/mol. The highest BCUT2D eigenvalue weighted by Gasteiger charge is 1.82. The van der Waals surface area contributed by atoms with Crippen molar-refractivity contribution in [2.75, 3.05) is 7.11 Å². The Hall–Kier alpha value is -0.980. The molecule has 1 heteroatoms.